The fraction of sp³-hybridized carbons (Fsp3) is 0.909. The molecule has 0 aromatic heterocycles. The number of hydrogen-bond donors (Lipinski definition) is 2. The van der Waals surface area contributed by atoms with Crippen LogP contribution in [0.1, 0.15) is 33.1 Å². The average molecular weight is 251 g/mol. The Morgan fingerprint density at radius 2 is 1.94 bits per heavy atom. The predicted octanol–water partition coefficient (Wildman–Crippen LogP) is 0.780. The van der Waals surface area contributed by atoms with Gasteiger partial charge in [0, 0.05) is 19.6 Å². The first-order valence-electron chi connectivity index (χ1n) is 5.89. The van der Waals surface area contributed by atoms with Crippen LogP contribution in [0, 0.1) is 0 Å². The van der Waals surface area contributed by atoms with E-state index in [2.05, 4.69) is 19.2 Å². The zero-order valence-electron chi connectivity index (χ0n) is 10.1. The molecule has 1 rings (SSSR count). The van der Waals surface area contributed by atoms with Crippen molar-refractivity contribution in [3.05, 3.63) is 0 Å². The minimum Gasteiger partial charge on any atom is -0.392 e. The van der Waals surface area contributed by atoms with Gasteiger partial charge < -0.3 is 15.3 Å². The van der Waals surface area contributed by atoms with Crippen molar-refractivity contribution in [2.45, 2.75) is 45.3 Å². The molecule has 0 spiro atoms. The summed E-state index contributed by atoms with van der Waals surface area (Å²) in [4.78, 5) is 13.9. The second kappa shape index (κ2) is 7.87. The van der Waals surface area contributed by atoms with Crippen LogP contribution < -0.4 is 5.32 Å². The van der Waals surface area contributed by atoms with Gasteiger partial charge in [0.15, 0.2) is 0 Å². The van der Waals surface area contributed by atoms with Crippen LogP contribution >= 0.6 is 12.4 Å². The lowest BCUT2D eigenvalue weighted by Crippen LogP contribution is -2.44. The van der Waals surface area contributed by atoms with Crippen LogP contribution in [0.3, 0.4) is 0 Å². The summed E-state index contributed by atoms with van der Waals surface area (Å²) in [6.07, 6.45) is 2.18. The van der Waals surface area contributed by atoms with Crippen molar-refractivity contribution in [2.75, 3.05) is 19.6 Å². The second-order valence-electron chi connectivity index (χ2n) is 4.18. The molecule has 16 heavy (non-hydrogen) atoms. The molecular formula is C11H23ClN2O2. The van der Waals surface area contributed by atoms with Crippen molar-refractivity contribution >= 4 is 18.3 Å². The number of amides is 1. The van der Waals surface area contributed by atoms with Gasteiger partial charge in [-0.25, -0.2) is 0 Å². The van der Waals surface area contributed by atoms with Crippen molar-refractivity contribution < 1.29 is 9.90 Å². The van der Waals surface area contributed by atoms with E-state index in [-0.39, 0.29) is 30.5 Å². The summed E-state index contributed by atoms with van der Waals surface area (Å²) in [6, 6.07) is -0.168. The van der Waals surface area contributed by atoms with Crippen molar-refractivity contribution in [3.8, 4) is 0 Å². The quantitative estimate of drug-likeness (QED) is 0.758. The highest BCUT2D eigenvalue weighted by Crippen LogP contribution is 2.10. The summed E-state index contributed by atoms with van der Waals surface area (Å²) in [5.74, 6) is 0.148. The lowest BCUT2D eigenvalue weighted by Gasteiger charge is -2.24. The topological polar surface area (TPSA) is 52.6 Å². The molecule has 0 bridgehead atoms. The zero-order chi connectivity index (χ0) is 11.3. The maximum atomic E-state index is 12.0. The molecule has 1 aliphatic rings. The van der Waals surface area contributed by atoms with Gasteiger partial charge in [0.05, 0.1) is 12.1 Å². The van der Waals surface area contributed by atoms with Crippen LogP contribution in [0.4, 0.5) is 0 Å². The van der Waals surface area contributed by atoms with Gasteiger partial charge in [-0.2, -0.15) is 0 Å². The first-order chi connectivity index (χ1) is 7.19. The highest BCUT2D eigenvalue weighted by molar-refractivity contribution is 5.85. The molecule has 1 heterocycles. The highest BCUT2D eigenvalue weighted by atomic mass is 35.5. The molecule has 0 radical (unpaired) electrons. The zero-order valence-corrected chi connectivity index (χ0v) is 10.9. The Morgan fingerprint density at radius 3 is 2.31 bits per heavy atom. The van der Waals surface area contributed by atoms with Crippen molar-refractivity contribution in [1.82, 2.24) is 10.2 Å². The molecule has 1 fully saturated rings. The summed E-state index contributed by atoms with van der Waals surface area (Å²) >= 11 is 0. The standard InChI is InChI=1S/C11H22N2O2.ClH/c1-3-5-13(6-4-2)11(15)10-7-9(14)8-12-10;/h9-10,12,14H,3-8H2,1-2H3;1H. The first kappa shape index (κ1) is 15.7. The number of nitrogens with one attached hydrogen (secondary N) is 1. The molecule has 0 saturated carbocycles. The fourth-order valence-electron chi connectivity index (χ4n) is 2.00. The maximum Gasteiger partial charge on any atom is 0.239 e. The molecule has 2 unspecified atom stereocenters. The van der Waals surface area contributed by atoms with Crippen LogP contribution in [0.25, 0.3) is 0 Å². The van der Waals surface area contributed by atoms with E-state index in [1.54, 1.807) is 0 Å². The van der Waals surface area contributed by atoms with Crippen molar-refractivity contribution in [3.63, 3.8) is 0 Å². The number of hydrogen-bond acceptors (Lipinski definition) is 3. The number of β-amino-alcohol motifs (C(OH)–C–C–N with tert-alkyl or cyclic N) is 1. The van der Waals surface area contributed by atoms with Crippen LogP contribution in [0.5, 0.6) is 0 Å². The number of rotatable bonds is 5. The molecule has 1 saturated heterocycles. The van der Waals surface area contributed by atoms with E-state index in [1.165, 1.54) is 0 Å². The summed E-state index contributed by atoms with van der Waals surface area (Å²) in [5, 5.41) is 12.4. The Morgan fingerprint density at radius 1 is 1.38 bits per heavy atom. The largest absolute Gasteiger partial charge is 0.392 e. The van der Waals surface area contributed by atoms with Crippen LogP contribution in [-0.4, -0.2) is 47.7 Å². The van der Waals surface area contributed by atoms with Gasteiger partial charge in [-0.05, 0) is 19.3 Å². The van der Waals surface area contributed by atoms with Crippen LogP contribution in [-0.2, 0) is 4.79 Å². The number of nitrogens with zero attached hydrogens (tertiary/aromatic N) is 1. The number of halogens is 1. The molecule has 0 aromatic carbocycles. The Bertz CT molecular complexity index is 208. The van der Waals surface area contributed by atoms with Gasteiger partial charge >= 0.3 is 0 Å². The highest BCUT2D eigenvalue weighted by Gasteiger charge is 2.30. The number of aliphatic hydroxyl groups is 1. The van der Waals surface area contributed by atoms with E-state index < -0.39 is 0 Å². The molecule has 5 heteroatoms. The average Bonchev–Trinajstić information content (AvgIpc) is 2.63. The molecule has 4 nitrogen and oxygen atoms in total. The van der Waals surface area contributed by atoms with E-state index in [0.29, 0.717) is 13.0 Å². The third-order valence-corrected chi connectivity index (χ3v) is 2.70. The van der Waals surface area contributed by atoms with E-state index in [1.807, 2.05) is 4.90 Å². The second-order valence-corrected chi connectivity index (χ2v) is 4.18. The monoisotopic (exact) mass is 250 g/mol. The van der Waals surface area contributed by atoms with Gasteiger partial charge in [-0.3, -0.25) is 4.79 Å². The van der Waals surface area contributed by atoms with E-state index >= 15 is 0 Å². The van der Waals surface area contributed by atoms with E-state index in [4.69, 9.17) is 0 Å². The number of aliphatic hydroxyl groups excluding tert-OH is 1. The van der Waals surface area contributed by atoms with Gasteiger partial charge in [-0.15, -0.1) is 12.4 Å². The summed E-state index contributed by atoms with van der Waals surface area (Å²) in [7, 11) is 0. The van der Waals surface area contributed by atoms with E-state index in [9.17, 15) is 9.90 Å². The third-order valence-electron chi connectivity index (χ3n) is 2.70. The summed E-state index contributed by atoms with van der Waals surface area (Å²) < 4.78 is 0. The SMILES string of the molecule is CCCN(CCC)C(=O)C1CC(O)CN1.Cl. The minimum atomic E-state index is -0.357. The smallest absolute Gasteiger partial charge is 0.239 e. The molecular weight excluding hydrogens is 228 g/mol. The Kier molecular flexibility index (Phi) is 7.72. The third kappa shape index (κ3) is 4.28. The number of carbonyl (C=O) groups is 1. The maximum absolute atomic E-state index is 12.0. The van der Waals surface area contributed by atoms with Crippen LogP contribution in [0.15, 0.2) is 0 Å². The van der Waals surface area contributed by atoms with Crippen molar-refractivity contribution in [1.29, 1.82) is 0 Å². The van der Waals surface area contributed by atoms with E-state index in [0.717, 1.165) is 25.9 Å². The number of carbonyl (C=O) groups excluding carboxylic acids is 1. The van der Waals surface area contributed by atoms with Crippen LogP contribution in [0.2, 0.25) is 0 Å². The molecule has 0 aliphatic carbocycles. The first-order valence-corrected chi connectivity index (χ1v) is 5.89. The normalized spacial score (nSPS) is 23.9. The molecule has 96 valence electrons. The molecule has 2 atom stereocenters. The molecule has 0 aromatic rings. The van der Waals surface area contributed by atoms with Gasteiger partial charge in [0.25, 0.3) is 0 Å². The van der Waals surface area contributed by atoms with Crippen molar-refractivity contribution in [2.24, 2.45) is 0 Å². The Labute approximate surface area is 104 Å². The summed E-state index contributed by atoms with van der Waals surface area (Å²) in [6.45, 7) is 6.34. The van der Waals surface area contributed by atoms with Gasteiger partial charge in [-0.1, -0.05) is 13.8 Å². The molecule has 2 N–H and O–H groups in total. The summed E-state index contributed by atoms with van der Waals surface area (Å²) in [5.41, 5.74) is 0. The van der Waals surface area contributed by atoms with Gasteiger partial charge in [0.1, 0.15) is 0 Å². The minimum absolute atomic E-state index is 0. The Balaban J connectivity index is 0.00000225. The van der Waals surface area contributed by atoms with Gasteiger partial charge in [0.2, 0.25) is 5.91 Å². The molecule has 1 aliphatic heterocycles. The lowest BCUT2D eigenvalue weighted by molar-refractivity contribution is -0.133. The Hall–Kier alpha value is -0.320. The fourth-order valence-corrected chi connectivity index (χ4v) is 2.00. The lowest BCUT2D eigenvalue weighted by atomic mass is 10.1. The molecule has 1 amide bonds. The predicted molar refractivity (Wildman–Crippen MR) is 66.8 cm³/mol.